The first-order chi connectivity index (χ1) is 6.08. The van der Waals surface area contributed by atoms with Gasteiger partial charge < -0.3 is 4.90 Å². The third-order valence-corrected chi connectivity index (χ3v) is 2.58. The summed E-state index contributed by atoms with van der Waals surface area (Å²) in [6.45, 7) is -0.886. The van der Waals surface area contributed by atoms with Gasteiger partial charge in [-0.05, 0) is 11.4 Å². The Kier molecular flexibility index (Phi) is 1.83. The van der Waals surface area contributed by atoms with Gasteiger partial charge in [0.05, 0.1) is 18.7 Å². The molecule has 2 nitrogen and oxygen atoms in total. The van der Waals surface area contributed by atoms with Gasteiger partial charge in [0, 0.05) is 5.38 Å². The van der Waals surface area contributed by atoms with E-state index in [0.717, 1.165) is 4.90 Å². The lowest BCUT2D eigenvalue weighted by molar-refractivity contribution is -0.113. The zero-order valence-corrected chi connectivity index (χ0v) is 7.48. The molecular weight excluding hydrogens is 196 g/mol. The van der Waals surface area contributed by atoms with Crippen molar-refractivity contribution in [2.75, 3.05) is 13.1 Å². The maximum absolute atomic E-state index is 12.4. The van der Waals surface area contributed by atoms with Crippen molar-refractivity contribution in [3.05, 3.63) is 22.4 Å². The smallest absolute Gasteiger partial charge is 0.282 e. The van der Waals surface area contributed by atoms with E-state index in [2.05, 4.69) is 0 Å². The fourth-order valence-electron chi connectivity index (χ4n) is 1.22. The van der Waals surface area contributed by atoms with Crippen LogP contribution in [0.2, 0.25) is 0 Å². The number of rotatable bonds is 1. The molecule has 0 spiro atoms. The maximum atomic E-state index is 12.4. The van der Waals surface area contributed by atoms with Crippen molar-refractivity contribution in [1.82, 2.24) is 4.90 Å². The van der Waals surface area contributed by atoms with Crippen molar-refractivity contribution < 1.29 is 13.6 Å². The summed E-state index contributed by atoms with van der Waals surface area (Å²) in [5, 5.41) is 3.42. The van der Waals surface area contributed by atoms with Crippen molar-refractivity contribution in [1.29, 1.82) is 0 Å². The maximum Gasteiger partial charge on any atom is 0.282 e. The SMILES string of the molecule is O=C(c1ccsc1)N1CC(F)(F)C1. The van der Waals surface area contributed by atoms with Gasteiger partial charge in [0.2, 0.25) is 0 Å². The minimum absolute atomic E-state index is 0.299. The van der Waals surface area contributed by atoms with E-state index in [1.807, 2.05) is 0 Å². The van der Waals surface area contributed by atoms with Gasteiger partial charge in [0.15, 0.2) is 0 Å². The van der Waals surface area contributed by atoms with E-state index in [4.69, 9.17) is 0 Å². The fraction of sp³-hybridized carbons (Fsp3) is 0.375. The molecule has 2 rings (SSSR count). The number of amides is 1. The molecule has 1 saturated heterocycles. The fourth-order valence-corrected chi connectivity index (χ4v) is 1.85. The highest BCUT2D eigenvalue weighted by Crippen LogP contribution is 2.28. The number of carbonyl (C=O) groups is 1. The highest BCUT2D eigenvalue weighted by Gasteiger charge is 2.46. The largest absolute Gasteiger partial charge is 0.326 e. The minimum atomic E-state index is -2.67. The summed E-state index contributed by atoms with van der Waals surface area (Å²) in [7, 11) is 0. The monoisotopic (exact) mass is 203 g/mol. The Bertz CT molecular complexity index is 315. The van der Waals surface area contributed by atoms with Crippen LogP contribution in [0, 0.1) is 0 Å². The summed E-state index contributed by atoms with van der Waals surface area (Å²) in [5.74, 6) is -2.97. The molecule has 0 aliphatic carbocycles. The number of thiophene rings is 1. The van der Waals surface area contributed by atoms with Gasteiger partial charge in [-0.15, -0.1) is 0 Å². The van der Waals surface area contributed by atoms with E-state index in [-0.39, 0.29) is 5.91 Å². The average molecular weight is 203 g/mol. The molecule has 1 aromatic heterocycles. The lowest BCUT2D eigenvalue weighted by Crippen LogP contribution is -2.58. The Morgan fingerprint density at radius 1 is 1.54 bits per heavy atom. The summed E-state index contributed by atoms with van der Waals surface area (Å²) < 4.78 is 24.8. The van der Waals surface area contributed by atoms with Gasteiger partial charge in [-0.25, -0.2) is 8.78 Å². The summed E-state index contributed by atoms with van der Waals surface area (Å²) >= 11 is 1.38. The third-order valence-electron chi connectivity index (χ3n) is 1.90. The average Bonchev–Trinajstić information content (AvgIpc) is 2.50. The van der Waals surface area contributed by atoms with Crippen LogP contribution in [0.3, 0.4) is 0 Å². The molecule has 0 radical (unpaired) electrons. The molecule has 1 fully saturated rings. The van der Waals surface area contributed by atoms with Gasteiger partial charge >= 0.3 is 0 Å². The van der Waals surface area contributed by atoms with Crippen LogP contribution in [0.1, 0.15) is 10.4 Å². The molecule has 13 heavy (non-hydrogen) atoms. The molecule has 0 bridgehead atoms. The quantitative estimate of drug-likeness (QED) is 0.682. The molecule has 0 saturated carbocycles. The topological polar surface area (TPSA) is 20.3 Å². The number of alkyl halides is 2. The summed E-state index contributed by atoms with van der Waals surface area (Å²) in [5.41, 5.74) is 0.500. The van der Waals surface area contributed by atoms with E-state index in [0.29, 0.717) is 5.56 Å². The van der Waals surface area contributed by atoms with Crippen LogP contribution >= 0.6 is 11.3 Å². The number of carbonyl (C=O) groups excluding carboxylic acids is 1. The normalized spacial score (nSPS) is 19.7. The number of nitrogens with zero attached hydrogens (tertiary/aromatic N) is 1. The molecule has 0 aromatic carbocycles. The van der Waals surface area contributed by atoms with Crippen molar-refractivity contribution in [2.24, 2.45) is 0 Å². The Hall–Kier alpha value is -0.970. The minimum Gasteiger partial charge on any atom is -0.326 e. The summed E-state index contributed by atoms with van der Waals surface area (Å²) in [6, 6.07) is 1.64. The Balaban J connectivity index is 2.02. The molecule has 0 N–H and O–H groups in total. The first-order valence-electron chi connectivity index (χ1n) is 3.78. The lowest BCUT2D eigenvalue weighted by atomic mass is 10.1. The van der Waals surface area contributed by atoms with Crippen molar-refractivity contribution >= 4 is 17.2 Å². The Morgan fingerprint density at radius 2 is 2.23 bits per heavy atom. The van der Waals surface area contributed by atoms with Gasteiger partial charge in [0.1, 0.15) is 0 Å². The van der Waals surface area contributed by atoms with Crippen molar-refractivity contribution in [2.45, 2.75) is 5.92 Å². The van der Waals surface area contributed by atoms with Crippen molar-refractivity contribution in [3.63, 3.8) is 0 Å². The Labute approximate surface area is 77.8 Å². The Morgan fingerprint density at radius 3 is 2.69 bits per heavy atom. The predicted octanol–water partition coefficient (Wildman–Crippen LogP) is 1.84. The molecule has 0 unspecified atom stereocenters. The molecule has 1 amide bonds. The molecular formula is C8H7F2NOS. The second kappa shape index (κ2) is 2.77. The van der Waals surface area contributed by atoms with Gasteiger partial charge in [-0.1, -0.05) is 0 Å². The number of halogens is 2. The first kappa shape index (κ1) is 8.62. The molecule has 1 aromatic rings. The van der Waals surface area contributed by atoms with Crippen molar-refractivity contribution in [3.8, 4) is 0 Å². The molecule has 1 aliphatic rings. The van der Waals surface area contributed by atoms with E-state index in [9.17, 15) is 13.6 Å². The van der Waals surface area contributed by atoms with Crippen LogP contribution in [-0.2, 0) is 0 Å². The molecule has 2 heterocycles. The number of hydrogen-bond acceptors (Lipinski definition) is 2. The van der Waals surface area contributed by atoms with Crippen LogP contribution in [0.5, 0.6) is 0 Å². The lowest BCUT2D eigenvalue weighted by Gasteiger charge is -2.38. The van der Waals surface area contributed by atoms with Crippen LogP contribution in [0.4, 0.5) is 8.78 Å². The van der Waals surface area contributed by atoms with E-state index >= 15 is 0 Å². The van der Waals surface area contributed by atoms with Gasteiger partial charge in [-0.3, -0.25) is 4.79 Å². The zero-order chi connectivity index (χ0) is 9.47. The first-order valence-corrected chi connectivity index (χ1v) is 4.72. The molecule has 0 atom stereocenters. The molecule has 1 aliphatic heterocycles. The summed E-state index contributed by atoms with van der Waals surface area (Å²) in [4.78, 5) is 12.5. The highest BCUT2D eigenvalue weighted by molar-refractivity contribution is 7.08. The van der Waals surface area contributed by atoms with Gasteiger partial charge in [0.25, 0.3) is 11.8 Å². The zero-order valence-electron chi connectivity index (χ0n) is 6.67. The standard InChI is InChI=1S/C8H7F2NOS/c9-8(10)4-11(5-8)7(12)6-1-2-13-3-6/h1-3H,4-5H2. The van der Waals surface area contributed by atoms with Crippen LogP contribution in [0.25, 0.3) is 0 Å². The second-order valence-electron chi connectivity index (χ2n) is 3.03. The molecule has 70 valence electrons. The van der Waals surface area contributed by atoms with Crippen LogP contribution in [0.15, 0.2) is 16.8 Å². The summed E-state index contributed by atoms with van der Waals surface area (Å²) in [6.07, 6.45) is 0. The number of likely N-dealkylation sites (tertiary alicyclic amines) is 1. The second-order valence-corrected chi connectivity index (χ2v) is 3.81. The number of hydrogen-bond donors (Lipinski definition) is 0. The van der Waals surface area contributed by atoms with E-state index in [1.165, 1.54) is 11.3 Å². The molecule has 5 heteroatoms. The predicted molar refractivity (Wildman–Crippen MR) is 45.2 cm³/mol. The highest BCUT2D eigenvalue weighted by atomic mass is 32.1. The third kappa shape index (κ3) is 1.56. The van der Waals surface area contributed by atoms with E-state index < -0.39 is 19.0 Å². The van der Waals surface area contributed by atoms with Crippen LogP contribution in [-0.4, -0.2) is 29.8 Å². The van der Waals surface area contributed by atoms with Gasteiger partial charge in [-0.2, -0.15) is 11.3 Å². The van der Waals surface area contributed by atoms with E-state index in [1.54, 1.807) is 16.8 Å². The van der Waals surface area contributed by atoms with Crippen LogP contribution < -0.4 is 0 Å².